The molecule has 2 atom stereocenters. The molecule has 0 radical (unpaired) electrons. The van der Waals surface area contributed by atoms with E-state index in [9.17, 15) is 17.6 Å². The quantitative estimate of drug-likeness (QED) is 0.583. The highest BCUT2D eigenvalue weighted by atomic mass is 32.2. The fourth-order valence-corrected chi connectivity index (χ4v) is 4.96. The third-order valence-corrected chi connectivity index (χ3v) is 7.35. The largest absolute Gasteiger partial charge is 0.275 e. The Morgan fingerprint density at radius 2 is 1.68 bits per heavy atom. The van der Waals surface area contributed by atoms with Gasteiger partial charge in [-0.15, -0.1) is 0 Å². The molecule has 0 bridgehead atoms. The highest BCUT2D eigenvalue weighted by Gasteiger charge is 2.25. The number of nitrogens with zero attached hydrogens (tertiary/aromatic N) is 2. The molecule has 1 saturated carbocycles. The molecule has 0 spiro atoms. The van der Waals surface area contributed by atoms with Crippen LogP contribution in [-0.4, -0.2) is 24.5 Å². The van der Waals surface area contributed by atoms with Crippen LogP contribution in [-0.2, 0) is 16.4 Å². The number of hydrogen-bond donors (Lipinski definition) is 0. The van der Waals surface area contributed by atoms with Gasteiger partial charge >= 0.3 is 0 Å². The Balaban J connectivity index is 1.83. The molecule has 162 valence electrons. The lowest BCUT2D eigenvalue weighted by molar-refractivity contribution is 0.340. The lowest BCUT2D eigenvalue weighted by Gasteiger charge is -2.18. The van der Waals surface area contributed by atoms with Gasteiger partial charge in [-0.3, -0.25) is 4.79 Å². The maximum Gasteiger partial charge on any atom is 0.275 e. The Hall–Kier alpha value is -2.80. The zero-order valence-electron chi connectivity index (χ0n) is 17.6. The van der Waals surface area contributed by atoms with Gasteiger partial charge in [0.2, 0.25) is 0 Å². The van der Waals surface area contributed by atoms with Crippen molar-refractivity contribution >= 4 is 9.84 Å². The lowest BCUT2D eigenvalue weighted by Crippen LogP contribution is -2.29. The molecule has 2 aromatic carbocycles. The van der Waals surface area contributed by atoms with E-state index in [2.05, 4.69) is 12.0 Å². The number of halogens is 1. The van der Waals surface area contributed by atoms with Crippen LogP contribution in [0.1, 0.15) is 26.2 Å². The molecular weight excluding hydrogens is 415 g/mol. The number of aromatic nitrogens is 2. The summed E-state index contributed by atoms with van der Waals surface area (Å²) in [4.78, 5) is 13.7. The predicted molar refractivity (Wildman–Crippen MR) is 119 cm³/mol. The molecule has 1 aliphatic rings. The monoisotopic (exact) mass is 440 g/mol. The van der Waals surface area contributed by atoms with Crippen molar-refractivity contribution in [2.24, 2.45) is 11.8 Å². The summed E-state index contributed by atoms with van der Waals surface area (Å²) in [6, 6.07) is 12.2. The number of sulfone groups is 1. The number of rotatable bonds is 5. The SMILES string of the molecule is CC1CCCC1Cn1ncc(-c2ccc(S(C)(=O)=O)cc2)c(-c2ccc(F)cc2)c1=O. The van der Waals surface area contributed by atoms with Crippen LogP contribution < -0.4 is 5.56 Å². The van der Waals surface area contributed by atoms with Gasteiger partial charge in [0.15, 0.2) is 9.84 Å². The molecule has 3 aromatic rings. The van der Waals surface area contributed by atoms with Gasteiger partial charge in [-0.25, -0.2) is 17.5 Å². The average molecular weight is 441 g/mol. The van der Waals surface area contributed by atoms with Gasteiger partial charge in [-0.2, -0.15) is 5.10 Å². The van der Waals surface area contributed by atoms with Crippen LogP contribution in [0, 0.1) is 17.7 Å². The Morgan fingerprint density at radius 3 is 2.26 bits per heavy atom. The van der Waals surface area contributed by atoms with Crippen molar-refractivity contribution in [2.45, 2.75) is 37.6 Å². The van der Waals surface area contributed by atoms with Crippen molar-refractivity contribution in [2.75, 3.05) is 6.26 Å². The first-order chi connectivity index (χ1) is 14.7. The molecule has 1 aromatic heterocycles. The van der Waals surface area contributed by atoms with E-state index in [1.54, 1.807) is 30.5 Å². The topological polar surface area (TPSA) is 69.0 Å². The maximum atomic E-state index is 13.5. The van der Waals surface area contributed by atoms with E-state index in [0.717, 1.165) is 25.5 Å². The molecule has 1 aliphatic carbocycles. The van der Waals surface area contributed by atoms with E-state index in [1.807, 2.05) is 0 Å². The molecule has 31 heavy (non-hydrogen) atoms. The molecule has 0 saturated heterocycles. The summed E-state index contributed by atoms with van der Waals surface area (Å²) in [6.07, 6.45) is 6.20. The maximum absolute atomic E-state index is 13.5. The van der Waals surface area contributed by atoms with Gasteiger partial charge in [0.05, 0.1) is 16.7 Å². The predicted octanol–water partition coefficient (Wildman–Crippen LogP) is 4.56. The first-order valence-corrected chi connectivity index (χ1v) is 12.3. The Kier molecular flexibility index (Phi) is 5.79. The van der Waals surface area contributed by atoms with E-state index in [0.29, 0.717) is 40.6 Å². The number of benzene rings is 2. The molecule has 1 fully saturated rings. The van der Waals surface area contributed by atoms with E-state index >= 15 is 0 Å². The zero-order valence-corrected chi connectivity index (χ0v) is 18.4. The van der Waals surface area contributed by atoms with Crippen LogP contribution in [0.2, 0.25) is 0 Å². The molecule has 0 N–H and O–H groups in total. The summed E-state index contributed by atoms with van der Waals surface area (Å²) in [5.41, 5.74) is 2.08. The van der Waals surface area contributed by atoms with Gasteiger partial charge in [0, 0.05) is 18.4 Å². The minimum absolute atomic E-state index is 0.205. The molecule has 2 unspecified atom stereocenters. The van der Waals surface area contributed by atoms with Crippen LogP contribution in [0.3, 0.4) is 0 Å². The van der Waals surface area contributed by atoms with Crippen LogP contribution in [0.25, 0.3) is 22.3 Å². The smallest absolute Gasteiger partial charge is 0.267 e. The fourth-order valence-electron chi connectivity index (χ4n) is 4.33. The van der Waals surface area contributed by atoms with Gasteiger partial charge in [0.1, 0.15) is 5.82 Å². The Bertz CT molecular complexity index is 1250. The van der Waals surface area contributed by atoms with Crippen molar-refractivity contribution in [3.05, 3.63) is 70.9 Å². The Morgan fingerprint density at radius 1 is 1.03 bits per heavy atom. The second-order valence-corrected chi connectivity index (χ2v) is 10.4. The van der Waals surface area contributed by atoms with E-state index in [4.69, 9.17) is 0 Å². The summed E-state index contributed by atoms with van der Waals surface area (Å²) >= 11 is 0. The molecule has 0 amide bonds. The Labute approximate surface area is 181 Å². The lowest BCUT2D eigenvalue weighted by atomic mass is 9.96. The molecule has 7 heteroatoms. The minimum Gasteiger partial charge on any atom is -0.267 e. The zero-order chi connectivity index (χ0) is 22.2. The van der Waals surface area contributed by atoms with Crippen molar-refractivity contribution < 1.29 is 12.8 Å². The highest BCUT2D eigenvalue weighted by Crippen LogP contribution is 2.33. The summed E-state index contributed by atoms with van der Waals surface area (Å²) in [7, 11) is -3.33. The van der Waals surface area contributed by atoms with E-state index < -0.39 is 9.84 Å². The van der Waals surface area contributed by atoms with Gasteiger partial charge in [-0.1, -0.05) is 44.0 Å². The molecule has 4 rings (SSSR count). The van der Waals surface area contributed by atoms with Gasteiger partial charge in [0.25, 0.3) is 5.56 Å². The standard InChI is InChI=1S/C24H25FN2O3S/c1-16-4-3-5-19(16)15-27-24(28)23(18-6-10-20(25)11-7-18)22(14-26-27)17-8-12-21(13-9-17)31(2,29)30/h6-14,16,19H,3-5,15H2,1-2H3. The summed E-state index contributed by atoms with van der Waals surface area (Å²) in [5, 5.41) is 4.44. The second-order valence-electron chi connectivity index (χ2n) is 8.39. The van der Waals surface area contributed by atoms with Gasteiger partial charge in [-0.05, 0) is 53.6 Å². The second kappa shape index (κ2) is 8.38. The van der Waals surface area contributed by atoms with Crippen LogP contribution >= 0.6 is 0 Å². The summed E-state index contributed by atoms with van der Waals surface area (Å²) < 4.78 is 38.6. The van der Waals surface area contributed by atoms with Crippen LogP contribution in [0.15, 0.2) is 64.4 Å². The van der Waals surface area contributed by atoms with Crippen molar-refractivity contribution in [3.63, 3.8) is 0 Å². The third-order valence-electron chi connectivity index (χ3n) is 6.22. The van der Waals surface area contributed by atoms with E-state index in [-0.39, 0.29) is 16.3 Å². The van der Waals surface area contributed by atoms with Crippen LogP contribution in [0.4, 0.5) is 4.39 Å². The van der Waals surface area contributed by atoms with Gasteiger partial charge < -0.3 is 0 Å². The third kappa shape index (κ3) is 4.46. The van der Waals surface area contributed by atoms with E-state index in [1.165, 1.54) is 28.9 Å². The molecule has 0 aliphatic heterocycles. The molecular formula is C24H25FN2O3S. The van der Waals surface area contributed by atoms with Crippen molar-refractivity contribution in [1.82, 2.24) is 9.78 Å². The summed E-state index contributed by atoms with van der Waals surface area (Å²) in [5.74, 6) is 0.578. The van der Waals surface area contributed by atoms with Crippen LogP contribution in [0.5, 0.6) is 0 Å². The molecule has 1 heterocycles. The van der Waals surface area contributed by atoms with Crippen molar-refractivity contribution in [1.29, 1.82) is 0 Å². The molecule has 5 nitrogen and oxygen atoms in total. The average Bonchev–Trinajstić information content (AvgIpc) is 3.14. The summed E-state index contributed by atoms with van der Waals surface area (Å²) in [6.45, 7) is 2.77. The minimum atomic E-state index is -3.33. The first-order valence-electron chi connectivity index (χ1n) is 10.4. The fraction of sp³-hybridized carbons (Fsp3) is 0.333. The first kappa shape index (κ1) is 21.4. The highest BCUT2D eigenvalue weighted by molar-refractivity contribution is 7.90. The van der Waals surface area contributed by atoms with Crippen molar-refractivity contribution in [3.8, 4) is 22.3 Å². The number of hydrogen-bond acceptors (Lipinski definition) is 4. The normalized spacial score (nSPS) is 18.9.